The molecule has 7 heteroatoms. The van der Waals surface area contributed by atoms with Crippen LogP contribution in [0, 0.1) is 5.92 Å². The minimum absolute atomic E-state index is 0.228. The summed E-state index contributed by atoms with van der Waals surface area (Å²) in [5.74, 6) is 0.174. The third-order valence-electron chi connectivity index (χ3n) is 7.27. The van der Waals surface area contributed by atoms with E-state index < -0.39 is 0 Å². The van der Waals surface area contributed by atoms with Gasteiger partial charge in [-0.3, -0.25) is 4.79 Å². The lowest BCUT2D eigenvalue weighted by Crippen LogP contribution is -2.35. The molecule has 5 rings (SSSR count). The molecule has 35 heavy (non-hydrogen) atoms. The smallest absolute Gasteiger partial charge is 0.344 e. The van der Waals surface area contributed by atoms with Crippen molar-refractivity contribution in [1.29, 1.82) is 0 Å². The van der Waals surface area contributed by atoms with Crippen molar-refractivity contribution in [2.24, 2.45) is 5.92 Å². The first kappa shape index (κ1) is 23.3. The van der Waals surface area contributed by atoms with E-state index in [9.17, 15) is 9.59 Å². The third kappa shape index (κ3) is 4.59. The summed E-state index contributed by atoms with van der Waals surface area (Å²) in [5, 5.41) is 0.897. The monoisotopic (exact) mass is 476 g/mol. The summed E-state index contributed by atoms with van der Waals surface area (Å²) in [4.78, 5) is 27.2. The van der Waals surface area contributed by atoms with E-state index in [1.54, 1.807) is 0 Å². The minimum Gasteiger partial charge on any atom is -0.478 e. The lowest BCUT2D eigenvalue weighted by molar-refractivity contribution is -0.142. The molecule has 1 saturated heterocycles. The molecule has 0 amide bonds. The quantitative estimate of drug-likeness (QED) is 0.477. The molecule has 0 radical (unpaired) electrons. The van der Waals surface area contributed by atoms with E-state index in [2.05, 4.69) is 21.6 Å². The average molecular weight is 477 g/mol. The Morgan fingerprint density at radius 2 is 1.80 bits per heavy atom. The van der Waals surface area contributed by atoms with Crippen LogP contribution in [0.2, 0.25) is 0 Å². The molecule has 1 aromatic heterocycles. The second-order valence-electron chi connectivity index (χ2n) is 9.42. The number of carbonyl (C=O) groups excluding carboxylic acids is 2. The maximum Gasteiger partial charge on any atom is 0.344 e. The van der Waals surface area contributed by atoms with Crippen LogP contribution in [0.3, 0.4) is 0 Å². The lowest BCUT2D eigenvalue weighted by atomic mass is 9.96. The molecule has 0 saturated carbocycles. The number of fused-ring (bicyclic) bond motifs is 3. The minimum atomic E-state index is -0.297. The standard InChI is InChI=1S/C28H32N2O5/c1-19(27(31)33-2)21-8-10-22(11-9-21)29-15-12-20(13-16-29)18-35-28(32)25-23-6-3-4-7-24(23)30-14-5-17-34-26(25)30/h3-4,6-11,19-20H,5,12-18H2,1-2H3. The lowest BCUT2D eigenvalue weighted by Gasteiger charge is -2.33. The first-order valence-corrected chi connectivity index (χ1v) is 12.4. The first-order chi connectivity index (χ1) is 17.1. The summed E-state index contributed by atoms with van der Waals surface area (Å²) >= 11 is 0. The third-order valence-corrected chi connectivity index (χ3v) is 7.27. The highest BCUT2D eigenvalue weighted by Gasteiger charge is 2.28. The number of aryl methyl sites for hydroxylation is 1. The van der Waals surface area contributed by atoms with Gasteiger partial charge < -0.3 is 23.7 Å². The summed E-state index contributed by atoms with van der Waals surface area (Å²) in [6.07, 6.45) is 2.85. The molecule has 1 unspecified atom stereocenters. The van der Waals surface area contributed by atoms with E-state index in [1.807, 2.05) is 43.3 Å². The van der Waals surface area contributed by atoms with Crippen molar-refractivity contribution < 1.29 is 23.8 Å². The van der Waals surface area contributed by atoms with Crippen molar-refractivity contribution in [1.82, 2.24) is 4.57 Å². The van der Waals surface area contributed by atoms with Gasteiger partial charge in [-0.2, -0.15) is 0 Å². The number of hydrogen-bond donors (Lipinski definition) is 0. The Hall–Kier alpha value is -3.48. The van der Waals surface area contributed by atoms with Crippen LogP contribution >= 0.6 is 0 Å². The fraction of sp³-hybridized carbons (Fsp3) is 0.429. The van der Waals surface area contributed by atoms with E-state index in [-0.39, 0.29) is 17.9 Å². The molecule has 3 heterocycles. The van der Waals surface area contributed by atoms with Crippen molar-refractivity contribution in [3.63, 3.8) is 0 Å². The maximum absolute atomic E-state index is 13.1. The van der Waals surface area contributed by atoms with Crippen molar-refractivity contribution in [3.8, 4) is 5.88 Å². The molecule has 1 fully saturated rings. The zero-order chi connectivity index (χ0) is 24.4. The first-order valence-electron chi connectivity index (χ1n) is 12.4. The van der Waals surface area contributed by atoms with Gasteiger partial charge in [0.1, 0.15) is 5.56 Å². The number of hydrogen-bond acceptors (Lipinski definition) is 6. The Bertz CT molecular complexity index is 1210. The zero-order valence-electron chi connectivity index (χ0n) is 20.4. The summed E-state index contributed by atoms with van der Waals surface area (Å²) in [7, 11) is 1.41. The molecule has 2 aromatic carbocycles. The molecule has 2 aliphatic heterocycles. The maximum atomic E-state index is 13.1. The van der Waals surface area contributed by atoms with Crippen LogP contribution in [-0.4, -0.2) is 49.9 Å². The second-order valence-corrected chi connectivity index (χ2v) is 9.42. The van der Waals surface area contributed by atoms with Crippen LogP contribution in [0.25, 0.3) is 10.9 Å². The normalized spacial score (nSPS) is 16.9. The molecule has 0 N–H and O–H groups in total. The summed E-state index contributed by atoms with van der Waals surface area (Å²) in [5.41, 5.74) is 3.67. The predicted molar refractivity (Wildman–Crippen MR) is 134 cm³/mol. The van der Waals surface area contributed by atoms with Crippen LogP contribution in [0.1, 0.15) is 48.0 Å². The number of ether oxygens (including phenoxy) is 3. The number of piperidine rings is 1. The fourth-order valence-electron chi connectivity index (χ4n) is 5.15. The van der Waals surface area contributed by atoms with Gasteiger partial charge in [0.05, 0.1) is 31.8 Å². The van der Waals surface area contributed by atoms with Crippen molar-refractivity contribution in [2.75, 3.05) is 38.3 Å². The van der Waals surface area contributed by atoms with Gasteiger partial charge in [0.2, 0.25) is 5.88 Å². The van der Waals surface area contributed by atoms with E-state index in [0.29, 0.717) is 30.6 Å². The summed E-state index contributed by atoms with van der Waals surface area (Å²) < 4.78 is 18.6. The number of anilines is 1. The van der Waals surface area contributed by atoms with Crippen molar-refractivity contribution in [2.45, 2.75) is 38.6 Å². The molecule has 0 aliphatic carbocycles. The van der Waals surface area contributed by atoms with Gasteiger partial charge in [-0.25, -0.2) is 4.79 Å². The highest BCUT2D eigenvalue weighted by atomic mass is 16.5. The zero-order valence-corrected chi connectivity index (χ0v) is 20.4. The van der Waals surface area contributed by atoms with Gasteiger partial charge in [0, 0.05) is 30.7 Å². The number of methoxy groups -OCH3 is 1. The molecule has 7 nitrogen and oxygen atoms in total. The Labute approximate surface area is 205 Å². The number of carbonyl (C=O) groups is 2. The van der Waals surface area contributed by atoms with Gasteiger partial charge in [-0.1, -0.05) is 30.3 Å². The van der Waals surface area contributed by atoms with E-state index >= 15 is 0 Å². The molecule has 184 valence electrons. The highest BCUT2D eigenvalue weighted by Crippen LogP contribution is 2.35. The van der Waals surface area contributed by atoms with Gasteiger partial charge in [-0.05, 0) is 55.9 Å². The highest BCUT2D eigenvalue weighted by molar-refractivity contribution is 6.07. The summed E-state index contributed by atoms with van der Waals surface area (Å²) in [6, 6.07) is 16.1. The molecule has 2 aliphatic rings. The number of aromatic nitrogens is 1. The van der Waals surface area contributed by atoms with Crippen LogP contribution in [-0.2, 0) is 20.8 Å². The Morgan fingerprint density at radius 1 is 1.06 bits per heavy atom. The Morgan fingerprint density at radius 3 is 2.54 bits per heavy atom. The number of para-hydroxylation sites is 1. The van der Waals surface area contributed by atoms with Gasteiger partial charge in [-0.15, -0.1) is 0 Å². The molecule has 3 aromatic rings. The molecular weight excluding hydrogens is 444 g/mol. The SMILES string of the molecule is COC(=O)C(C)c1ccc(N2CCC(COC(=O)c3c4n(c5ccccc35)CCCO4)CC2)cc1. The topological polar surface area (TPSA) is 70.0 Å². The van der Waals surface area contributed by atoms with E-state index in [0.717, 1.165) is 61.1 Å². The number of rotatable bonds is 6. The van der Waals surface area contributed by atoms with E-state index in [1.165, 1.54) is 7.11 Å². The van der Waals surface area contributed by atoms with Crippen LogP contribution in [0.15, 0.2) is 48.5 Å². The molecule has 0 bridgehead atoms. The number of benzene rings is 2. The number of esters is 2. The van der Waals surface area contributed by atoms with Crippen LogP contribution in [0.4, 0.5) is 5.69 Å². The fourth-order valence-corrected chi connectivity index (χ4v) is 5.15. The molecule has 0 spiro atoms. The Kier molecular flexibility index (Phi) is 6.66. The largest absolute Gasteiger partial charge is 0.478 e. The number of nitrogens with zero attached hydrogens (tertiary/aromatic N) is 2. The van der Waals surface area contributed by atoms with Gasteiger partial charge >= 0.3 is 11.9 Å². The predicted octanol–water partition coefficient (Wildman–Crippen LogP) is 4.77. The van der Waals surface area contributed by atoms with Crippen LogP contribution in [0.5, 0.6) is 5.88 Å². The van der Waals surface area contributed by atoms with E-state index in [4.69, 9.17) is 14.2 Å². The molecule has 1 atom stereocenters. The van der Waals surface area contributed by atoms with Gasteiger partial charge in [0.15, 0.2) is 0 Å². The average Bonchev–Trinajstić information content (AvgIpc) is 3.26. The Balaban J connectivity index is 1.18. The second kappa shape index (κ2) is 10.0. The van der Waals surface area contributed by atoms with Gasteiger partial charge in [0.25, 0.3) is 0 Å². The van der Waals surface area contributed by atoms with Crippen molar-refractivity contribution >= 4 is 28.5 Å². The van der Waals surface area contributed by atoms with Crippen LogP contribution < -0.4 is 9.64 Å². The van der Waals surface area contributed by atoms with Crippen molar-refractivity contribution in [3.05, 3.63) is 59.7 Å². The summed E-state index contributed by atoms with van der Waals surface area (Å²) in [6.45, 7) is 5.55. The molecular formula is C28H32N2O5.